The molecule has 1 atom stereocenters. The molecule has 0 aliphatic carbocycles. The second-order valence-corrected chi connectivity index (χ2v) is 3.74. The summed E-state index contributed by atoms with van der Waals surface area (Å²) in [5.41, 5.74) is 0.0224. The number of hydrogen-bond acceptors (Lipinski definition) is 3. The lowest BCUT2D eigenvalue weighted by Crippen LogP contribution is -2.35. The highest BCUT2D eigenvalue weighted by molar-refractivity contribution is 5.11. The van der Waals surface area contributed by atoms with E-state index < -0.39 is 5.60 Å². The lowest BCUT2D eigenvalue weighted by Gasteiger charge is -2.23. The molecule has 80 valence electrons. The number of nitrogens with one attached hydrogen (secondary N) is 1. The largest absolute Gasteiger partial charge is 0.383 e. The molecule has 0 saturated carbocycles. The minimum atomic E-state index is -0.847. The molecule has 1 heterocycles. The standard InChI is InChI=1S/C10H19N3O/c1-4-7-13-9(5-6-12-13)10(2,14)8-11-3/h5-6,11,14H,4,7-8H2,1-3H3. The van der Waals surface area contributed by atoms with Crippen LogP contribution in [0.2, 0.25) is 0 Å². The molecule has 1 aromatic rings. The van der Waals surface area contributed by atoms with Gasteiger partial charge in [-0.1, -0.05) is 6.92 Å². The zero-order chi connectivity index (χ0) is 10.6. The van der Waals surface area contributed by atoms with E-state index in [1.807, 2.05) is 17.8 Å². The van der Waals surface area contributed by atoms with Gasteiger partial charge < -0.3 is 10.4 Å². The predicted octanol–water partition coefficient (Wildman–Crippen LogP) is 0.720. The van der Waals surface area contributed by atoms with Crippen molar-refractivity contribution in [3.8, 4) is 0 Å². The third kappa shape index (κ3) is 2.33. The Hall–Kier alpha value is -0.870. The first-order valence-electron chi connectivity index (χ1n) is 5.01. The van der Waals surface area contributed by atoms with Gasteiger partial charge in [0.1, 0.15) is 5.60 Å². The van der Waals surface area contributed by atoms with Crippen molar-refractivity contribution in [1.82, 2.24) is 15.1 Å². The van der Waals surface area contributed by atoms with Gasteiger partial charge in [0.05, 0.1) is 5.69 Å². The lowest BCUT2D eigenvalue weighted by molar-refractivity contribution is 0.0494. The monoisotopic (exact) mass is 197 g/mol. The molecule has 0 fully saturated rings. The molecule has 0 radical (unpaired) electrons. The highest BCUT2D eigenvalue weighted by Gasteiger charge is 2.25. The summed E-state index contributed by atoms with van der Waals surface area (Å²) in [5, 5.41) is 17.3. The molecule has 14 heavy (non-hydrogen) atoms. The van der Waals surface area contributed by atoms with Crippen LogP contribution in [-0.2, 0) is 12.1 Å². The average Bonchev–Trinajstić information content (AvgIpc) is 2.53. The number of aryl methyl sites for hydroxylation is 1. The molecule has 1 rings (SSSR count). The van der Waals surface area contributed by atoms with E-state index in [4.69, 9.17) is 0 Å². The maximum Gasteiger partial charge on any atom is 0.116 e. The zero-order valence-corrected chi connectivity index (χ0v) is 9.12. The van der Waals surface area contributed by atoms with Gasteiger partial charge in [-0.05, 0) is 26.5 Å². The number of likely N-dealkylation sites (N-methyl/N-ethyl adjacent to an activating group) is 1. The number of nitrogens with zero attached hydrogens (tertiary/aromatic N) is 2. The van der Waals surface area contributed by atoms with E-state index in [0.29, 0.717) is 6.54 Å². The van der Waals surface area contributed by atoms with Crippen LogP contribution in [0.15, 0.2) is 12.3 Å². The Morgan fingerprint density at radius 3 is 2.93 bits per heavy atom. The minimum absolute atomic E-state index is 0.530. The molecule has 0 bridgehead atoms. The topological polar surface area (TPSA) is 50.1 Å². The summed E-state index contributed by atoms with van der Waals surface area (Å²) in [6.45, 7) is 5.27. The second-order valence-electron chi connectivity index (χ2n) is 3.74. The highest BCUT2D eigenvalue weighted by Crippen LogP contribution is 2.19. The van der Waals surface area contributed by atoms with Crippen molar-refractivity contribution in [2.75, 3.05) is 13.6 Å². The molecular weight excluding hydrogens is 178 g/mol. The fourth-order valence-electron chi connectivity index (χ4n) is 1.61. The van der Waals surface area contributed by atoms with Crippen LogP contribution in [0, 0.1) is 0 Å². The van der Waals surface area contributed by atoms with E-state index in [1.165, 1.54) is 0 Å². The van der Waals surface area contributed by atoms with Crippen LogP contribution < -0.4 is 5.32 Å². The van der Waals surface area contributed by atoms with Crippen LogP contribution in [0.1, 0.15) is 26.0 Å². The minimum Gasteiger partial charge on any atom is -0.383 e. The van der Waals surface area contributed by atoms with Gasteiger partial charge in [0.2, 0.25) is 0 Å². The molecule has 0 spiro atoms. The molecule has 0 aliphatic rings. The Labute approximate surface area is 84.9 Å². The van der Waals surface area contributed by atoms with E-state index in [-0.39, 0.29) is 0 Å². The first kappa shape index (κ1) is 11.2. The Bertz CT molecular complexity index is 281. The Balaban J connectivity index is 2.87. The summed E-state index contributed by atoms with van der Waals surface area (Å²) >= 11 is 0. The van der Waals surface area contributed by atoms with Crippen LogP contribution in [-0.4, -0.2) is 28.5 Å². The summed E-state index contributed by atoms with van der Waals surface area (Å²) in [6.07, 6.45) is 2.75. The van der Waals surface area contributed by atoms with E-state index in [2.05, 4.69) is 17.3 Å². The van der Waals surface area contributed by atoms with E-state index in [0.717, 1.165) is 18.7 Å². The highest BCUT2D eigenvalue weighted by atomic mass is 16.3. The first-order chi connectivity index (χ1) is 6.61. The van der Waals surface area contributed by atoms with Gasteiger partial charge >= 0.3 is 0 Å². The molecule has 2 N–H and O–H groups in total. The van der Waals surface area contributed by atoms with Crippen LogP contribution in [0.3, 0.4) is 0 Å². The average molecular weight is 197 g/mol. The zero-order valence-electron chi connectivity index (χ0n) is 9.12. The van der Waals surface area contributed by atoms with Gasteiger partial charge in [0.25, 0.3) is 0 Å². The fraction of sp³-hybridized carbons (Fsp3) is 0.700. The molecule has 1 unspecified atom stereocenters. The SMILES string of the molecule is CCCn1nccc1C(C)(O)CNC. The predicted molar refractivity (Wildman–Crippen MR) is 56.0 cm³/mol. The molecule has 0 amide bonds. The van der Waals surface area contributed by atoms with Gasteiger partial charge in [-0.2, -0.15) is 5.10 Å². The lowest BCUT2D eigenvalue weighted by atomic mass is 10.0. The maximum absolute atomic E-state index is 10.2. The van der Waals surface area contributed by atoms with Gasteiger partial charge in [0, 0.05) is 19.3 Å². The van der Waals surface area contributed by atoms with Crippen molar-refractivity contribution in [3.63, 3.8) is 0 Å². The van der Waals surface area contributed by atoms with Crippen LogP contribution in [0.4, 0.5) is 0 Å². The van der Waals surface area contributed by atoms with Crippen molar-refractivity contribution in [1.29, 1.82) is 0 Å². The molecular formula is C10H19N3O. The fourth-order valence-corrected chi connectivity index (χ4v) is 1.61. The molecule has 1 aromatic heterocycles. The molecule has 0 saturated heterocycles. The van der Waals surface area contributed by atoms with Gasteiger partial charge in [-0.3, -0.25) is 4.68 Å². The number of aromatic nitrogens is 2. The molecule has 4 heteroatoms. The van der Waals surface area contributed by atoms with Crippen molar-refractivity contribution < 1.29 is 5.11 Å². The van der Waals surface area contributed by atoms with Crippen LogP contribution in [0.5, 0.6) is 0 Å². The van der Waals surface area contributed by atoms with Gasteiger partial charge in [0.15, 0.2) is 0 Å². The quantitative estimate of drug-likeness (QED) is 0.731. The third-order valence-electron chi connectivity index (χ3n) is 2.22. The maximum atomic E-state index is 10.2. The van der Waals surface area contributed by atoms with Gasteiger partial charge in [-0.15, -0.1) is 0 Å². The Morgan fingerprint density at radius 2 is 2.36 bits per heavy atom. The Morgan fingerprint density at radius 1 is 1.64 bits per heavy atom. The summed E-state index contributed by atoms with van der Waals surface area (Å²) < 4.78 is 1.86. The number of rotatable bonds is 5. The molecule has 0 aliphatic heterocycles. The molecule has 0 aromatic carbocycles. The Kier molecular flexibility index (Phi) is 3.66. The van der Waals surface area contributed by atoms with Crippen molar-refractivity contribution in [2.45, 2.75) is 32.4 Å². The number of aliphatic hydroxyl groups is 1. The smallest absolute Gasteiger partial charge is 0.116 e. The van der Waals surface area contributed by atoms with Crippen LogP contribution in [0.25, 0.3) is 0 Å². The van der Waals surface area contributed by atoms with Crippen molar-refractivity contribution in [2.24, 2.45) is 0 Å². The summed E-state index contributed by atoms with van der Waals surface area (Å²) in [7, 11) is 1.83. The van der Waals surface area contributed by atoms with Gasteiger partial charge in [-0.25, -0.2) is 0 Å². The van der Waals surface area contributed by atoms with E-state index in [9.17, 15) is 5.11 Å². The van der Waals surface area contributed by atoms with E-state index in [1.54, 1.807) is 13.1 Å². The first-order valence-corrected chi connectivity index (χ1v) is 5.01. The van der Waals surface area contributed by atoms with Crippen molar-refractivity contribution in [3.05, 3.63) is 18.0 Å². The summed E-state index contributed by atoms with van der Waals surface area (Å²) in [5.74, 6) is 0. The third-order valence-corrected chi connectivity index (χ3v) is 2.22. The van der Waals surface area contributed by atoms with Crippen molar-refractivity contribution >= 4 is 0 Å². The number of hydrogen-bond donors (Lipinski definition) is 2. The molecule has 4 nitrogen and oxygen atoms in total. The summed E-state index contributed by atoms with van der Waals surface area (Å²) in [4.78, 5) is 0. The normalized spacial score (nSPS) is 15.4. The van der Waals surface area contributed by atoms with Crippen LogP contribution >= 0.6 is 0 Å². The van der Waals surface area contributed by atoms with E-state index >= 15 is 0 Å². The second kappa shape index (κ2) is 4.57. The summed E-state index contributed by atoms with van der Waals surface area (Å²) in [6, 6.07) is 1.87.